The van der Waals surface area contributed by atoms with Crippen molar-refractivity contribution in [3.63, 3.8) is 0 Å². The Morgan fingerprint density at radius 1 is 1.29 bits per heavy atom. The number of aromatic nitrogens is 2. The maximum Gasteiger partial charge on any atom is 0.0955 e. The molecule has 3 nitrogen and oxygen atoms in total. The molecular weight excluding hydrogens is 176 g/mol. The van der Waals surface area contributed by atoms with Crippen LogP contribution in [-0.4, -0.2) is 14.7 Å². The Hall–Kier alpha value is -0.830. The first kappa shape index (κ1) is 11.2. The highest BCUT2D eigenvalue weighted by Crippen LogP contribution is 2.36. The first-order valence-electron chi connectivity index (χ1n) is 4.93. The third kappa shape index (κ3) is 1.82. The van der Waals surface area contributed by atoms with Crippen molar-refractivity contribution in [2.24, 2.45) is 5.41 Å². The van der Waals surface area contributed by atoms with E-state index >= 15 is 0 Å². The van der Waals surface area contributed by atoms with Crippen LogP contribution >= 0.6 is 0 Å². The number of hydrogen-bond donors (Lipinski definition) is 1. The molecule has 0 aliphatic rings. The summed E-state index contributed by atoms with van der Waals surface area (Å²) in [5.74, 6) is 0. The van der Waals surface area contributed by atoms with Crippen LogP contribution in [0.15, 0.2) is 12.5 Å². The summed E-state index contributed by atoms with van der Waals surface area (Å²) in [4.78, 5) is 4.13. The molecule has 80 valence electrons. The third-order valence-electron chi connectivity index (χ3n) is 3.28. The van der Waals surface area contributed by atoms with E-state index in [0.29, 0.717) is 0 Å². The van der Waals surface area contributed by atoms with Crippen molar-refractivity contribution in [2.45, 2.75) is 46.8 Å². The van der Waals surface area contributed by atoms with E-state index in [4.69, 9.17) is 5.11 Å². The van der Waals surface area contributed by atoms with E-state index in [1.165, 1.54) is 0 Å². The van der Waals surface area contributed by atoms with Gasteiger partial charge in [-0.25, -0.2) is 4.98 Å². The van der Waals surface area contributed by atoms with Gasteiger partial charge in [-0.3, -0.25) is 0 Å². The molecule has 14 heavy (non-hydrogen) atoms. The van der Waals surface area contributed by atoms with Gasteiger partial charge < -0.3 is 9.67 Å². The maximum absolute atomic E-state index is 8.94. The number of rotatable bonds is 2. The van der Waals surface area contributed by atoms with Crippen LogP contribution in [0, 0.1) is 5.41 Å². The fourth-order valence-corrected chi connectivity index (χ4v) is 1.14. The summed E-state index contributed by atoms with van der Waals surface area (Å²) in [7, 11) is 0. The van der Waals surface area contributed by atoms with E-state index in [1.54, 1.807) is 6.33 Å². The normalized spacial score (nSPS) is 13.3. The highest BCUT2D eigenvalue weighted by atomic mass is 16.3. The second-order valence-electron chi connectivity index (χ2n) is 5.24. The Balaban J connectivity index is 3.04. The van der Waals surface area contributed by atoms with Crippen LogP contribution in [0.1, 0.15) is 40.3 Å². The quantitative estimate of drug-likeness (QED) is 0.787. The lowest BCUT2D eigenvalue weighted by atomic mass is 9.76. The SMILES string of the molecule is CC(C)(C)C(C)(C)n1cnc(CO)c1. The number of imidazole rings is 1. The van der Waals surface area contributed by atoms with Gasteiger partial charge in [-0.15, -0.1) is 0 Å². The largest absolute Gasteiger partial charge is 0.390 e. The van der Waals surface area contributed by atoms with Gasteiger partial charge >= 0.3 is 0 Å². The summed E-state index contributed by atoms with van der Waals surface area (Å²) < 4.78 is 2.07. The Kier molecular flexibility index (Phi) is 2.72. The average Bonchev–Trinajstić information content (AvgIpc) is 2.49. The van der Waals surface area contributed by atoms with E-state index < -0.39 is 0 Å². The van der Waals surface area contributed by atoms with Crippen molar-refractivity contribution in [3.8, 4) is 0 Å². The van der Waals surface area contributed by atoms with Gasteiger partial charge in [0, 0.05) is 11.7 Å². The molecule has 0 bridgehead atoms. The van der Waals surface area contributed by atoms with E-state index in [0.717, 1.165) is 5.69 Å². The molecule has 0 aliphatic carbocycles. The summed E-state index contributed by atoms with van der Waals surface area (Å²) in [6.07, 6.45) is 3.70. The number of hydrogen-bond acceptors (Lipinski definition) is 2. The molecule has 3 heteroatoms. The molecule has 1 aromatic rings. The minimum atomic E-state index is -0.00653. The summed E-state index contributed by atoms with van der Waals surface area (Å²) in [6.45, 7) is 11.0. The van der Waals surface area contributed by atoms with Crippen molar-refractivity contribution >= 4 is 0 Å². The zero-order chi connectivity index (χ0) is 11.0. The van der Waals surface area contributed by atoms with E-state index in [2.05, 4.69) is 44.2 Å². The first-order valence-corrected chi connectivity index (χ1v) is 4.93. The minimum Gasteiger partial charge on any atom is -0.390 e. The monoisotopic (exact) mass is 196 g/mol. The predicted molar refractivity (Wildman–Crippen MR) is 56.9 cm³/mol. The van der Waals surface area contributed by atoms with Crippen LogP contribution in [0.2, 0.25) is 0 Å². The van der Waals surface area contributed by atoms with Gasteiger partial charge in [-0.1, -0.05) is 20.8 Å². The standard InChI is InChI=1S/C11H20N2O/c1-10(2,3)11(4,5)13-6-9(7-14)12-8-13/h6,8,14H,7H2,1-5H3. The molecule has 0 spiro atoms. The summed E-state index contributed by atoms with van der Waals surface area (Å²) in [6, 6.07) is 0. The molecule has 0 amide bonds. The van der Waals surface area contributed by atoms with Crippen molar-refractivity contribution in [1.29, 1.82) is 0 Å². The number of aliphatic hydroxyl groups excluding tert-OH is 1. The van der Waals surface area contributed by atoms with Gasteiger partial charge in [0.25, 0.3) is 0 Å². The van der Waals surface area contributed by atoms with Crippen LogP contribution in [0.3, 0.4) is 0 Å². The lowest BCUT2D eigenvalue weighted by Crippen LogP contribution is -2.39. The Labute approximate surface area is 85.8 Å². The highest BCUT2D eigenvalue weighted by molar-refractivity contribution is 5.01. The molecule has 1 heterocycles. The highest BCUT2D eigenvalue weighted by Gasteiger charge is 2.34. The molecule has 0 unspecified atom stereocenters. The number of nitrogens with zero attached hydrogens (tertiary/aromatic N) is 2. The van der Waals surface area contributed by atoms with E-state index in [1.807, 2.05) is 6.20 Å². The molecule has 0 saturated carbocycles. The fraction of sp³-hybridized carbons (Fsp3) is 0.727. The molecule has 0 fully saturated rings. The van der Waals surface area contributed by atoms with Crippen LogP contribution in [0.25, 0.3) is 0 Å². The summed E-state index contributed by atoms with van der Waals surface area (Å²) in [5.41, 5.74) is 0.871. The van der Waals surface area contributed by atoms with Crippen molar-refractivity contribution in [2.75, 3.05) is 0 Å². The van der Waals surface area contributed by atoms with Gasteiger partial charge in [0.1, 0.15) is 0 Å². The van der Waals surface area contributed by atoms with Crippen LogP contribution < -0.4 is 0 Å². The van der Waals surface area contributed by atoms with Crippen LogP contribution in [0.5, 0.6) is 0 Å². The van der Waals surface area contributed by atoms with Crippen LogP contribution in [0.4, 0.5) is 0 Å². The molecule has 1 rings (SSSR count). The second kappa shape index (κ2) is 3.39. The first-order chi connectivity index (χ1) is 6.29. The predicted octanol–water partition coefficient (Wildman–Crippen LogP) is 2.16. The minimum absolute atomic E-state index is 0.00653. The van der Waals surface area contributed by atoms with Crippen LogP contribution in [-0.2, 0) is 12.1 Å². The fourth-order valence-electron chi connectivity index (χ4n) is 1.14. The summed E-state index contributed by atoms with van der Waals surface area (Å²) >= 11 is 0. The molecular formula is C11H20N2O. The van der Waals surface area contributed by atoms with Gasteiger partial charge in [0.2, 0.25) is 0 Å². The van der Waals surface area contributed by atoms with Gasteiger partial charge in [-0.2, -0.15) is 0 Å². The van der Waals surface area contributed by atoms with Crippen molar-refractivity contribution < 1.29 is 5.11 Å². The number of aliphatic hydroxyl groups is 1. The Bertz CT molecular complexity index is 307. The Morgan fingerprint density at radius 3 is 2.21 bits per heavy atom. The topological polar surface area (TPSA) is 38.0 Å². The van der Waals surface area contributed by atoms with Gasteiger partial charge in [0.15, 0.2) is 0 Å². The average molecular weight is 196 g/mol. The molecule has 0 aromatic carbocycles. The van der Waals surface area contributed by atoms with Crippen molar-refractivity contribution in [1.82, 2.24) is 9.55 Å². The van der Waals surface area contributed by atoms with E-state index in [9.17, 15) is 0 Å². The zero-order valence-corrected chi connectivity index (χ0v) is 9.70. The Morgan fingerprint density at radius 2 is 1.86 bits per heavy atom. The lowest BCUT2D eigenvalue weighted by molar-refractivity contribution is 0.139. The van der Waals surface area contributed by atoms with Gasteiger partial charge in [-0.05, 0) is 19.3 Å². The third-order valence-corrected chi connectivity index (χ3v) is 3.28. The molecule has 0 saturated heterocycles. The molecule has 1 N–H and O–H groups in total. The van der Waals surface area contributed by atoms with Crippen molar-refractivity contribution in [3.05, 3.63) is 18.2 Å². The van der Waals surface area contributed by atoms with E-state index in [-0.39, 0.29) is 17.6 Å². The molecule has 0 radical (unpaired) electrons. The summed E-state index contributed by atoms with van der Waals surface area (Å²) in [5, 5.41) is 8.94. The zero-order valence-electron chi connectivity index (χ0n) is 9.70. The lowest BCUT2D eigenvalue weighted by Gasteiger charge is -2.40. The molecule has 0 aliphatic heterocycles. The second-order valence-corrected chi connectivity index (χ2v) is 5.24. The van der Waals surface area contributed by atoms with Gasteiger partial charge in [0.05, 0.1) is 18.6 Å². The molecule has 0 atom stereocenters. The molecule has 1 aromatic heterocycles. The smallest absolute Gasteiger partial charge is 0.0955 e. The maximum atomic E-state index is 8.94.